The van der Waals surface area contributed by atoms with E-state index in [0.29, 0.717) is 27.0 Å². The highest BCUT2D eigenvalue weighted by atomic mass is 35.5. The number of amides is 2. The number of esters is 1. The summed E-state index contributed by atoms with van der Waals surface area (Å²) in [7, 11) is 0. The molecule has 0 spiro atoms. The van der Waals surface area contributed by atoms with Gasteiger partial charge >= 0.3 is 17.8 Å². The minimum absolute atomic E-state index is 0.259. The number of carbonyl (C=O) groups is 3. The number of nitrogens with one attached hydrogen (secondary N) is 2. The molecule has 2 amide bonds. The van der Waals surface area contributed by atoms with Gasteiger partial charge in [-0.25, -0.2) is 10.2 Å². The molecule has 3 rings (SSSR count). The van der Waals surface area contributed by atoms with E-state index in [0.717, 1.165) is 0 Å². The van der Waals surface area contributed by atoms with E-state index < -0.39 is 17.8 Å². The SMILES string of the molecule is O=C(N/N=C/c1ccc(OC(=O)c2ccccc2Cl)cc1)C(=O)Nc1ccc(Cl)cc1. The molecule has 0 unspecified atom stereocenters. The zero-order chi connectivity index (χ0) is 22.2. The van der Waals surface area contributed by atoms with Crippen LogP contribution in [0.15, 0.2) is 77.9 Å². The molecule has 0 saturated heterocycles. The van der Waals surface area contributed by atoms with Gasteiger partial charge in [-0.1, -0.05) is 35.3 Å². The Hall–Kier alpha value is -3.68. The van der Waals surface area contributed by atoms with E-state index in [4.69, 9.17) is 27.9 Å². The summed E-state index contributed by atoms with van der Waals surface area (Å²) in [6.07, 6.45) is 1.34. The molecule has 2 N–H and O–H groups in total. The third kappa shape index (κ3) is 6.40. The minimum atomic E-state index is -0.934. The molecular formula is C22H15Cl2N3O4. The molecule has 3 aromatic rings. The highest BCUT2D eigenvalue weighted by molar-refractivity contribution is 6.39. The van der Waals surface area contributed by atoms with Crippen molar-refractivity contribution in [2.45, 2.75) is 0 Å². The van der Waals surface area contributed by atoms with E-state index >= 15 is 0 Å². The number of hydrogen-bond acceptors (Lipinski definition) is 5. The normalized spacial score (nSPS) is 10.5. The van der Waals surface area contributed by atoms with Crippen molar-refractivity contribution in [1.29, 1.82) is 0 Å². The molecule has 0 radical (unpaired) electrons. The Morgan fingerprint density at radius 3 is 2.19 bits per heavy atom. The first kappa shape index (κ1) is 22.0. The largest absolute Gasteiger partial charge is 0.423 e. The lowest BCUT2D eigenvalue weighted by atomic mass is 10.2. The maximum absolute atomic E-state index is 12.2. The Balaban J connectivity index is 1.51. The van der Waals surface area contributed by atoms with Gasteiger partial charge < -0.3 is 10.1 Å². The van der Waals surface area contributed by atoms with Gasteiger partial charge in [0.15, 0.2) is 0 Å². The summed E-state index contributed by atoms with van der Waals surface area (Å²) in [5.74, 6) is -2.07. The molecule has 0 aliphatic heterocycles. The summed E-state index contributed by atoms with van der Waals surface area (Å²) >= 11 is 11.7. The maximum Gasteiger partial charge on any atom is 0.345 e. The molecule has 0 heterocycles. The lowest BCUT2D eigenvalue weighted by molar-refractivity contribution is -0.136. The van der Waals surface area contributed by atoms with Crippen LogP contribution < -0.4 is 15.5 Å². The van der Waals surface area contributed by atoms with Gasteiger partial charge in [0, 0.05) is 10.7 Å². The van der Waals surface area contributed by atoms with Gasteiger partial charge in [-0.15, -0.1) is 0 Å². The van der Waals surface area contributed by atoms with Gasteiger partial charge in [-0.2, -0.15) is 5.10 Å². The molecule has 7 nitrogen and oxygen atoms in total. The third-order valence-corrected chi connectivity index (χ3v) is 4.45. The minimum Gasteiger partial charge on any atom is -0.423 e. The van der Waals surface area contributed by atoms with Gasteiger partial charge in [0.05, 0.1) is 16.8 Å². The van der Waals surface area contributed by atoms with Crippen molar-refractivity contribution < 1.29 is 19.1 Å². The van der Waals surface area contributed by atoms with Crippen molar-refractivity contribution in [2.75, 3.05) is 5.32 Å². The first-order valence-corrected chi connectivity index (χ1v) is 9.65. The molecule has 0 bridgehead atoms. The van der Waals surface area contributed by atoms with E-state index in [-0.39, 0.29) is 5.56 Å². The zero-order valence-corrected chi connectivity index (χ0v) is 17.4. The van der Waals surface area contributed by atoms with Crippen LogP contribution in [-0.2, 0) is 9.59 Å². The van der Waals surface area contributed by atoms with Gasteiger partial charge in [0.1, 0.15) is 5.75 Å². The van der Waals surface area contributed by atoms with Crippen molar-refractivity contribution in [3.8, 4) is 5.75 Å². The zero-order valence-electron chi connectivity index (χ0n) is 15.8. The average Bonchev–Trinajstić information content (AvgIpc) is 2.76. The average molecular weight is 456 g/mol. The number of rotatable bonds is 5. The van der Waals surface area contributed by atoms with Crippen LogP contribution in [0.1, 0.15) is 15.9 Å². The summed E-state index contributed by atoms with van der Waals surface area (Å²) in [6, 6.07) is 19.2. The van der Waals surface area contributed by atoms with Gasteiger partial charge in [0.25, 0.3) is 0 Å². The number of anilines is 1. The van der Waals surface area contributed by atoms with Crippen LogP contribution in [0.5, 0.6) is 5.75 Å². The molecule has 0 saturated carbocycles. The van der Waals surface area contributed by atoms with Crippen LogP contribution in [0.4, 0.5) is 5.69 Å². The monoisotopic (exact) mass is 455 g/mol. The van der Waals surface area contributed by atoms with Crippen LogP contribution in [0.3, 0.4) is 0 Å². The lowest BCUT2D eigenvalue weighted by Gasteiger charge is -2.06. The fraction of sp³-hybridized carbons (Fsp3) is 0. The summed E-state index contributed by atoms with van der Waals surface area (Å²) in [6.45, 7) is 0. The molecule has 0 aromatic heterocycles. The third-order valence-electron chi connectivity index (χ3n) is 3.87. The van der Waals surface area contributed by atoms with Crippen LogP contribution in [-0.4, -0.2) is 24.0 Å². The fourth-order valence-corrected chi connectivity index (χ4v) is 2.69. The molecule has 156 valence electrons. The van der Waals surface area contributed by atoms with E-state index in [9.17, 15) is 14.4 Å². The molecule has 0 aliphatic carbocycles. The number of halogens is 2. The summed E-state index contributed by atoms with van der Waals surface area (Å²) in [5.41, 5.74) is 3.42. The fourth-order valence-electron chi connectivity index (χ4n) is 2.35. The molecule has 3 aromatic carbocycles. The van der Waals surface area contributed by atoms with Gasteiger partial charge in [0.2, 0.25) is 0 Å². The molecule has 0 aliphatic rings. The van der Waals surface area contributed by atoms with Crippen molar-refractivity contribution in [2.24, 2.45) is 5.10 Å². The Kier molecular flexibility index (Phi) is 7.37. The van der Waals surface area contributed by atoms with Crippen LogP contribution in [0.2, 0.25) is 10.0 Å². The number of carbonyl (C=O) groups excluding carboxylic acids is 3. The second kappa shape index (κ2) is 10.4. The standard InChI is InChI=1S/C22H15Cl2N3O4/c23-15-7-9-16(10-8-15)26-20(28)21(29)27-25-13-14-5-11-17(12-6-14)31-22(30)18-3-1-2-4-19(18)24/h1-13H,(H,26,28)(H,27,29)/b25-13+. The topological polar surface area (TPSA) is 96.9 Å². The molecule has 9 heteroatoms. The molecule has 0 fully saturated rings. The first-order valence-electron chi connectivity index (χ1n) is 8.89. The highest BCUT2D eigenvalue weighted by Gasteiger charge is 2.13. The predicted octanol–water partition coefficient (Wildman–Crippen LogP) is 4.30. The number of hydrogen-bond donors (Lipinski definition) is 2. The summed E-state index contributed by atoms with van der Waals surface area (Å²) in [5, 5.41) is 6.96. The van der Waals surface area contributed by atoms with Crippen LogP contribution in [0.25, 0.3) is 0 Å². The van der Waals surface area contributed by atoms with E-state index in [2.05, 4.69) is 15.8 Å². The quantitative estimate of drug-likeness (QED) is 0.197. The van der Waals surface area contributed by atoms with Gasteiger partial charge in [-0.3, -0.25) is 9.59 Å². The van der Waals surface area contributed by atoms with Crippen LogP contribution in [0, 0.1) is 0 Å². The molecular weight excluding hydrogens is 441 g/mol. The summed E-state index contributed by atoms with van der Waals surface area (Å²) < 4.78 is 5.28. The molecule has 0 atom stereocenters. The van der Waals surface area contributed by atoms with E-state index in [1.807, 2.05) is 0 Å². The Labute approximate surface area is 187 Å². The van der Waals surface area contributed by atoms with Crippen molar-refractivity contribution in [3.05, 3.63) is 94.0 Å². The Morgan fingerprint density at radius 1 is 0.839 bits per heavy atom. The number of hydrazone groups is 1. The number of nitrogens with zero attached hydrogens (tertiary/aromatic N) is 1. The first-order chi connectivity index (χ1) is 14.9. The Morgan fingerprint density at radius 2 is 1.52 bits per heavy atom. The highest BCUT2D eigenvalue weighted by Crippen LogP contribution is 2.19. The van der Waals surface area contributed by atoms with E-state index in [1.165, 1.54) is 6.21 Å². The second-order valence-electron chi connectivity index (χ2n) is 6.10. The van der Waals surface area contributed by atoms with Crippen molar-refractivity contribution in [3.63, 3.8) is 0 Å². The smallest absolute Gasteiger partial charge is 0.345 e. The number of ether oxygens (including phenoxy) is 1. The summed E-state index contributed by atoms with van der Waals surface area (Å²) in [4.78, 5) is 35.8. The lowest BCUT2D eigenvalue weighted by Crippen LogP contribution is -2.32. The van der Waals surface area contributed by atoms with Crippen molar-refractivity contribution in [1.82, 2.24) is 5.43 Å². The van der Waals surface area contributed by atoms with Crippen molar-refractivity contribution >= 4 is 52.9 Å². The van der Waals surface area contributed by atoms with E-state index in [1.54, 1.807) is 72.8 Å². The number of benzene rings is 3. The maximum atomic E-state index is 12.2. The van der Waals surface area contributed by atoms with Crippen LogP contribution >= 0.6 is 23.2 Å². The Bertz CT molecular complexity index is 1130. The second-order valence-corrected chi connectivity index (χ2v) is 6.94. The van der Waals surface area contributed by atoms with Gasteiger partial charge in [-0.05, 0) is 66.2 Å². The molecule has 31 heavy (non-hydrogen) atoms. The predicted molar refractivity (Wildman–Crippen MR) is 119 cm³/mol.